The van der Waals surface area contributed by atoms with Gasteiger partial charge in [-0.3, -0.25) is 5.32 Å². The zero-order valence-electron chi connectivity index (χ0n) is 35.5. The monoisotopic (exact) mass is 789 g/mol. The van der Waals surface area contributed by atoms with E-state index >= 15 is 0 Å². The Balaban J connectivity index is 0.000000736. The first-order valence-electron chi connectivity index (χ1n) is 21.5. The van der Waals surface area contributed by atoms with Crippen molar-refractivity contribution in [3.8, 4) is 11.1 Å². The van der Waals surface area contributed by atoms with Crippen molar-refractivity contribution in [2.75, 3.05) is 6.67 Å². The molecule has 0 spiro atoms. The van der Waals surface area contributed by atoms with E-state index < -0.39 is 16.6 Å². The lowest BCUT2D eigenvalue weighted by molar-refractivity contribution is 0.322. The van der Waals surface area contributed by atoms with Gasteiger partial charge in [-0.1, -0.05) is 198 Å². The zero-order valence-corrected chi connectivity index (χ0v) is 35.5. The molecule has 6 aromatic carbocycles. The van der Waals surface area contributed by atoms with Gasteiger partial charge in [0.1, 0.15) is 11.2 Å². The molecule has 10 rings (SSSR count). The fourth-order valence-electron chi connectivity index (χ4n) is 9.80. The van der Waals surface area contributed by atoms with Gasteiger partial charge in [0, 0.05) is 17.4 Å². The maximum atomic E-state index is 8.19. The third kappa shape index (κ3) is 6.59. The largest absolute Gasteiger partial charge is 0.319 e. The highest BCUT2D eigenvalue weighted by molar-refractivity contribution is 6.11. The number of benzene rings is 6. The highest BCUT2D eigenvalue weighted by atomic mass is 15.4. The number of nitrogens with zero attached hydrogens (tertiary/aromatic N) is 1. The Labute approximate surface area is 356 Å². The van der Waals surface area contributed by atoms with Crippen molar-refractivity contribution in [3.63, 3.8) is 0 Å². The van der Waals surface area contributed by atoms with Gasteiger partial charge in [0.2, 0.25) is 0 Å². The predicted octanol–water partition coefficient (Wildman–Crippen LogP) is 11.8. The fourth-order valence-corrected chi connectivity index (χ4v) is 9.80. The Morgan fingerprint density at radius 2 is 1.27 bits per heavy atom. The van der Waals surface area contributed by atoms with Crippen molar-refractivity contribution in [2.24, 2.45) is 17.2 Å². The van der Waals surface area contributed by atoms with Crippen molar-refractivity contribution in [3.05, 3.63) is 228 Å². The molecule has 3 atom stereocenters. The van der Waals surface area contributed by atoms with Gasteiger partial charge in [-0.25, -0.2) is 0 Å². The summed E-state index contributed by atoms with van der Waals surface area (Å²) in [4.78, 5) is 0. The van der Waals surface area contributed by atoms with E-state index in [0.717, 1.165) is 23.9 Å². The van der Waals surface area contributed by atoms with Crippen LogP contribution in [0, 0.1) is 0 Å². The van der Waals surface area contributed by atoms with Gasteiger partial charge in [0.05, 0.1) is 22.5 Å². The van der Waals surface area contributed by atoms with Gasteiger partial charge in [-0.15, -0.1) is 0 Å². The topological polar surface area (TPSA) is 105 Å². The standard InChI is InChI=1S/C50H41N3.2C2H6.CH6N2/c1-2-3-32-48(51,50(38-26-14-7-15-27-38)47(52-50)35-20-8-4-9-21-35)53-45-31-19-17-29-40(45)42-33-41-39-28-16-18-30-43(39)49(44(41)34-46(42)53,36-22-10-5-11-23-36)37-24-12-6-13-25-37;2*1-2;2-1-3/h2-6,8-14,16-34,47,52H,1,7,15,51H2;2*1-2H3;1-3H2/b32-3-;;;. The lowest BCUT2D eigenvalue weighted by Gasteiger charge is -2.40. The smallest absolute Gasteiger partial charge is 0.137 e. The van der Waals surface area contributed by atoms with Crippen molar-refractivity contribution in [2.45, 2.75) is 63.2 Å². The molecule has 60 heavy (non-hydrogen) atoms. The number of allylic oxidation sites excluding steroid dienone is 4. The van der Waals surface area contributed by atoms with E-state index in [1.54, 1.807) is 0 Å². The van der Waals surface area contributed by atoms with Crippen molar-refractivity contribution >= 4 is 21.8 Å². The van der Waals surface area contributed by atoms with Crippen LogP contribution in [0.25, 0.3) is 32.9 Å². The van der Waals surface area contributed by atoms with Crippen LogP contribution in [0.1, 0.15) is 74.4 Å². The van der Waals surface area contributed by atoms with Crippen molar-refractivity contribution in [1.82, 2.24) is 9.88 Å². The number of fused-ring (bicyclic) bond motifs is 6. The zero-order chi connectivity index (χ0) is 42.3. The van der Waals surface area contributed by atoms with Crippen LogP contribution in [0.5, 0.6) is 0 Å². The Morgan fingerprint density at radius 3 is 1.88 bits per heavy atom. The maximum Gasteiger partial charge on any atom is 0.137 e. The molecule has 1 fully saturated rings. The molecule has 0 amide bonds. The van der Waals surface area contributed by atoms with Crippen molar-refractivity contribution in [1.29, 1.82) is 0 Å². The first-order chi connectivity index (χ1) is 29.5. The summed E-state index contributed by atoms with van der Waals surface area (Å²) >= 11 is 0. The maximum absolute atomic E-state index is 8.19. The molecule has 304 valence electrons. The van der Waals surface area contributed by atoms with Gasteiger partial charge in [0.15, 0.2) is 0 Å². The first-order valence-corrected chi connectivity index (χ1v) is 21.5. The molecular weight excluding hydrogens is 731 g/mol. The predicted molar refractivity (Wildman–Crippen MR) is 256 cm³/mol. The number of nitrogens with one attached hydrogen (secondary N) is 1. The van der Waals surface area contributed by atoms with E-state index in [1.807, 2.05) is 39.8 Å². The highest BCUT2D eigenvalue weighted by Gasteiger charge is 2.68. The number of hydrogen-bond donors (Lipinski definition) is 4. The first kappa shape index (κ1) is 42.1. The molecule has 1 aliphatic heterocycles. The minimum absolute atomic E-state index is 0.000197. The van der Waals surface area contributed by atoms with Crippen LogP contribution in [-0.2, 0) is 11.1 Å². The van der Waals surface area contributed by atoms with Crippen molar-refractivity contribution < 1.29 is 0 Å². The van der Waals surface area contributed by atoms with Gasteiger partial charge >= 0.3 is 0 Å². The second-order valence-electron chi connectivity index (χ2n) is 14.9. The second-order valence-corrected chi connectivity index (χ2v) is 14.9. The fraction of sp³-hybridized carbons (Fsp3) is 0.200. The molecule has 1 aromatic heterocycles. The van der Waals surface area contributed by atoms with Gasteiger partial charge < -0.3 is 21.8 Å². The van der Waals surface area contributed by atoms with E-state index in [1.165, 1.54) is 55.3 Å². The minimum Gasteiger partial charge on any atom is -0.319 e. The minimum atomic E-state index is -1.04. The van der Waals surface area contributed by atoms with E-state index in [4.69, 9.17) is 5.73 Å². The van der Waals surface area contributed by atoms with Crippen LogP contribution in [0.2, 0.25) is 0 Å². The second kappa shape index (κ2) is 18.0. The summed E-state index contributed by atoms with van der Waals surface area (Å²) < 4.78 is 2.43. The van der Waals surface area contributed by atoms with Crippen LogP contribution in [0.3, 0.4) is 0 Å². The summed E-state index contributed by atoms with van der Waals surface area (Å²) in [5.74, 6) is 0. The number of nitrogens with two attached hydrogens (primary N) is 3. The third-order valence-corrected chi connectivity index (χ3v) is 12.0. The summed E-state index contributed by atoms with van der Waals surface area (Å²) in [5, 5.41) is 6.39. The number of hydrogen-bond acceptors (Lipinski definition) is 4. The molecule has 7 N–H and O–H groups in total. The van der Waals surface area contributed by atoms with Crippen LogP contribution >= 0.6 is 0 Å². The Hall–Kier alpha value is -6.08. The van der Waals surface area contributed by atoms with Crippen LogP contribution in [0.15, 0.2) is 200 Å². The van der Waals surface area contributed by atoms with E-state index in [2.05, 4.69) is 204 Å². The Bertz CT molecular complexity index is 2620. The van der Waals surface area contributed by atoms with Gasteiger partial charge in [-0.2, -0.15) is 0 Å². The molecule has 0 bridgehead atoms. The molecule has 3 aliphatic rings. The summed E-state index contributed by atoms with van der Waals surface area (Å²) in [5.41, 5.74) is 27.4. The molecule has 0 radical (unpaired) electrons. The van der Waals surface area contributed by atoms with Crippen LogP contribution < -0.4 is 22.5 Å². The van der Waals surface area contributed by atoms with E-state index in [9.17, 15) is 0 Å². The third-order valence-electron chi connectivity index (χ3n) is 12.0. The summed E-state index contributed by atoms with van der Waals surface area (Å²) in [6, 6.07) is 55.4. The average Bonchev–Trinajstić information content (AvgIpc) is 3.93. The van der Waals surface area contributed by atoms with E-state index in [-0.39, 0.29) is 12.7 Å². The summed E-state index contributed by atoms with van der Waals surface area (Å²) in [6.45, 7) is 12.4. The number of para-hydroxylation sites is 1. The molecule has 1 saturated heterocycles. The Kier molecular flexibility index (Phi) is 12.6. The normalized spacial score (nSPS) is 19.0. The molecule has 7 aromatic rings. The number of rotatable bonds is 8. The van der Waals surface area contributed by atoms with Crippen LogP contribution in [-0.4, -0.2) is 16.8 Å². The Morgan fingerprint density at radius 1 is 0.683 bits per heavy atom. The van der Waals surface area contributed by atoms with Gasteiger partial charge in [0.25, 0.3) is 0 Å². The molecule has 3 unspecified atom stereocenters. The van der Waals surface area contributed by atoms with Crippen LogP contribution in [0.4, 0.5) is 0 Å². The lowest BCUT2D eigenvalue weighted by Crippen LogP contribution is -2.56. The highest BCUT2D eigenvalue weighted by Crippen LogP contribution is 2.60. The summed E-state index contributed by atoms with van der Waals surface area (Å²) in [7, 11) is 0. The molecule has 2 heterocycles. The molecule has 5 heteroatoms. The summed E-state index contributed by atoms with van der Waals surface area (Å²) in [6.07, 6.45) is 15.0. The van der Waals surface area contributed by atoms with Gasteiger partial charge in [-0.05, 0) is 81.6 Å². The quantitative estimate of drug-likeness (QED) is 0.0699. The molecule has 0 saturated carbocycles. The average molecular weight is 790 g/mol. The lowest BCUT2D eigenvalue weighted by atomic mass is 9.67. The van der Waals surface area contributed by atoms with E-state index in [0.29, 0.717) is 0 Å². The number of aromatic nitrogens is 1. The molecular formula is C55H59N5. The SMILES string of the molecule is C=C/C=C\C(N)(n1c2ccccc2c2cc3c(cc21)C(c1ccccc1)(c1ccccc1)c1ccccc1-3)C1(C2=CCCC=C2)NC1c1ccccc1.CC.CC.NCN. The molecule has 5 nitrogen and oxygen atoms in total. The molecule has 2 aliphatic carbocycles.